The van der Waals surface area contributed by atoms with E-state index >= 15 is 0 Å². The minimum atomic E-state index is 1.21. The number of aryl methyl sites for hydroxylation is 2. The van der Waals surface area contributed by atoms with E-state index in [1.165, 1.54) is 99.2 Å². The number of benzene rings is 8. The molecule has 2 heterocycles. The van der Waals surface area contributed by atoms with Crippen molar-refractivity contribution in [3.63, 3.8) is 0 Å². The Hall–Kier alpha value is -6.64. The zero-order chi connectivity index (χ0) is 34.8. The molecule has 246 valence electrons. The summed E-state index contributed by atoms with van der Waals surface area (Å²) in [5.41, 5.74) is 17.2. The van der Waals surface area contributed by atoms with Crippen LogP contribution in [0.5, 0.6) is 0 Å². The Morgan fingerprint density at radius 3 is 1.02 bits per heavy atom. The van der Waals surface area contributed by atoms with Crippen molar-refractivity contribution in [3.05, 3.63) is 182 Å². The predicted molar refractivity (Wildman–Crippen MR) is 222 cm³/mol. The second kappa shape index (κ2) is 12.0. The molecule has 2 nitrogen and oxygen atoms in total. The van der Waals surface area contributed by atoms with Crippen LogP contribution in [0.25, 0.3) is 99.2 Å². The van der Waals surface area contributed by atoms with Gasteiger partial charge in [0, 0.05) is 57.7 Å². The van der Waals surface area contributed by atoms with Gasteiger partial charge in [-0.1, -0.05) is 133 Å². The van der Waals surface area contributed by atoms with Gasteiger partial charge in [-0.2, -0.15) is 0 Å². The summed E-state index contributed by atoms with van der Waals surface area (Å²) in [7, 11) is 4.35. The van der Waals surface area contributed by atoms with Crippen LogP contribution in [0.2, 0.25) is 0 Å². The first kappa shape index (κ1) is 30.2. The van der Waals surface area contributed by atoms with Gasteiger partial charge in [0.05, 0.1) is 0 Å². The van der Waals surface area contributed by atoms with E-state index in [0.717, 1.165) is 0 Å². The lowest BCUT2D eigenvalue weighted by atomic mass is 9.95. The first-order valence-electron chi connectivity index (χ1n) is 18.0. The quantitative estimate of drug-likeness (QED) is 0.173. The van der Waals surface area contributed by atoms with Crippen molar-refractivity contribution < 1.29 is 0 Å². The van der Waals surface area contributed by atoms with E-state index in [2.05, 4.69) is 205 Å². The summed E-state index contributed by atoms with van der Waals surface area (Å²) in [6.45, 7) is 0. The first-order valence-corrected chi connectivity index (χ1v) is 18.0. The van der Waals surface area contributed by atoms with E-state index in [-0.39, 0.29) is 0 Å². The summed E-state index contributed by atoms with van der Waals surface area (Å²) in [5.74, 6) is 0. The molecule has 8 aromatic carbocycles. The van der Waals surface area contributed by atoms with Gasteiger partial charge in [-0.15, -0.1) is 0 Å². The van der Waals surface area contributed by atoms with Crippen molar-refractivity contribution in [2.24, 2.45) is 14.1 Å². The van der Waals surface area contributed by atoms with E-state index in [1.54, 1.807) is 0 Å². The second-order valence-corrected chi connectivity index (χ2v) is 13.9. The number of hydrogen-bond donors (Lipinski definition) is 0. The monoisotopic (exact) mass is 664 g/mol. The van der Waals surface area contributed by atoms with E-state index in [0.29, 0.717) is 0 Å². The minimum absolute atomic E-state index is 1.21. The standard InChI is InChI=1S/C50H36N2/c1-51-47-25-21-39(33-11-5-3-6-12-33)29-45(47)46-30-40(22-26-48(46)51)37-17-9-15-35(27-37)36-16-10-18-38(28-36)42-20-24-44-43-23-19-41(34-13-7-4-8-14-34)31-49(43)52(2)50(44)32-42/h3-32H,1-2H3. The maximum absolute atomic E-state index is 2.36. The lowest BCUT2D eigenvalue weighted by Gasteiger charge is -2.10. The highest BCUT2D eigenvalue weighted by molar-refractivity contribution is 6.11. The molecule has 0 aliphatic carbocycles. The number of aromatic nitrogens is 2. The highest BCUT2D eigenvalue weighted by Gasteiger charge is 2.14. The summed E-state index contributed by atoms with van der Waals surface area (Å²) >= 11 is 0. The summed E-state index contributed by atoms with van der Waals surface area (Å²) in [6.07, 6.45) is 0. The normalized spacial score (nSPS) is 11.7. The maximum atomic E-state index is 2.36. The summed E-state index contributed by atoms with van der Waals surface area (Å²) in [6, 6.07) is 66.7. The van der Waals surface area contributed by atoms with E-state index in [1.807, 2.05) is 0 Å². The van der Waals surface area contributed by atoms with Crippen molar-refractivity contribution >= 4 is 43.6 Å². The predicted octanol–water partition coefficient (Wildman–Crippen LogP) is 13.3. The molecule has 0 aliphatic rings. The summed E-state index contributed by atoms with van der Waals surface area (Å²) in [5, 5.41) is 5.13. The number of nitrogens with zero attached hydrogens (tertiary/aromatic N) is 2. The van der Waals surface area contributed by atoms with Crippen LogP contribution in [0.4, 0.5) is 0 Å². The largest absolute Gasteiger partial charge is 0.344 e. The molecule has 0 spiro atoms. The first-order chi connectivity index (χ1) is 25.6. The van der Waals surface area contributed by atoms with Crippen LogP contribution in [0.1, 0.15) is 0 Å². The van der Waals surface area contributed by atoms with Crippen molar-refractivity contribution in [2.75, 3.05) is 0 Å². The van der Waals surface area contributed by atoms with Gasteiger partial charge in [0.1, 0.15) is 0 Å². The average Bonchev–Trinajstić information content (AvgIpc) is 3.66. The van der Waals surface area contributed by atoms with Gasteiger partial charge in [-0.05, 0) is 104 Å². The van der Waals surface area contributed by atoms with Gasteiger partial charge < -0.3 is 9.13 Å². The fourth-order valence-corrected chi connectivity index (χ4v) is 8.16. The molecule has 2 aromatic heterocycles. The molecule has 52 heavy (non-hydrogen) atoms. The third kappa shape index (κ3) is 4.95. The van der Waals surface area contributed by atoms with Crippen LogP contribution < -0.4 is 0 Å². The Morgan fingerprint density at radius 1 is 0.231 bits per heavy atom. The Morgan fingerprint density at radius 2 is 0.558 bits per heavy atom. The van der Waals surface area contributed by atoms with Gasteiger partial charge in [-0.3, -0.25) is 0 Å². The van der Waals surface area contributed by atoms with E-state index in [4.69, 9.17) is 0 Å². The van der Waals surface area contributed by atoms with E-state index in [9.17, 15) is 0 Å². The van der Waals surface area contributed by atoms with Gasteiger partial charge in [0.25, 0.3) is 0 Å². The Labute approximate surface area is 303 Å². The van der Waals surface area contributed by atoms with Crippen molar-refractivity contribution in [2.45, 2.75) is 0 Å². The number of fused-ring (bicyclic) bond motifs is 6. The van der Waals surface area contributed by atoms with Crippen LogP contribution in [0.15, 0.2) is 182 Å². The second-order valence-electron chi connectivity index (χ2n) is 13.9. The lowest BCUT2D eigenvalue weighted by molar-refractivity contribution is 1.01. The van der Waals surface area contributed by atoms with Crippen molar-refractivity contribution in [3.8, 4) is 55.6 Å². The Bertz CT molecular complexity index is 2960. The molecule has 10 rings (SSSR count). The fraction of sp³-hybridized carbons (Fsp3) is 0.0400. The fourth-order valence-electron chi connectivity index (χ4n) is 8.16. The number of rotatable bonds is 5. The molecule has 0 saturated carbocycles. The molecule has 0 aliphatic heterocycles. The molecule has 0 atom stereocenters. The summed E-state index contributed by atoms with van der Waals surface area (Å²) < 4.78 is 4.64. The Kier molecular flexibility index (Phi) is 6.97. The van der Waals surface area contributed by atoms with Gasteiger partial charge in [0.15, 0.2) is 0 Å². The smallest absolute Gasteiger partial charge is 0.0494 e. The number of hydrogen-bond acceptors (Lipinski definition) is 0. The molecule has 0 fully saturated rings. The molecular formula is C50H36N2. The SMILES string of the molecule is Cn1c2ccc(-c3ccccc3)cc2c2cc(-c3cccc(-c4cccc(-c5ccc6c7ccc(-c8ccccc8)cc7n(C)c6c5)c4)c3)ccc21. The highest BCUT2D eigenvalue weighted by Crippen LogP contribution is 2.38. The third-order valence-electron chi connectivity index (χ3n) is 11.0. The third-order valence-corrected chi connectivity index (χ3v) is 11.0. The zero-order valence-electron chi connectivity index (χ0n) is 29.2. The van der Waals surface area contributed by atoms with Crippen LogP contribution in [-0.2, 0) is 14.1 Å². The maximum Gasteiger partial charge on any atom is 0.0494 e. The molecule has 0 N–H and O–H groups in total. The van der Waals surface area contributed by atoms with Crippen molar-refractivity contribution in [1.29, 1.82) is 0 Å². The molecule has 0 amide bonds. The van der Waals surface area contributed by atoms with Gasteiger partial charge in [-0.25, -0.2) is 0 Å². The molecule has 0 unspecified atom stereocenters. The van der Waals surface area contributed by atoms with Crippen LogP contribution in [0.3, 0.4) is 0 Å². The van der Waals surface area contributed by atoms with Crippen LogP contribution in [0, 0.1) is 0 Å². The van der Waals surface area contributed by atoms with Gasteiger partial charge >= 0.3 is 0 Å². The molecular weight excluding hydrogens is 629 g/mol. The average molecular weight is 665 g/mol. The lowest BCUT2D eigenvalue weighted by Crippen LogP contribution is -1.88. The van der Waals surface area contributed by atoms with Crippen LogP contribution in [-0.4, -0.2) is 9.13 Å². The van der Waals surface area contributed by atoms with Crippen molar-refractivity contribution in [1.82, 2.24) is 9.13 Å². The van der Waals surface area contributed by atoms with E-state index < -0.39 is 0 Å². The zero-order valence-corrected chi connectivity index (χ0v) is 29.2. The molecule has 0 radical (unpaired) electrons. The highest BCUT2D eigenvalue weighted by atomic mass is 14.9. The van der Waals surface area contributed by atoms with Gasteiger partial charge in [0.2, 0.25) is 0 Å². The molecule has 10 aromatic rings. The summed E-state index contributed by atoms with van der Waals surface area (Å²) in [4.78, 5) is 0. The molecule has 2 heteroatoms. The van der Waals surface area contributed by atoms with Crippen LogP contribution >= 0.6 is 0 Å². The molecule has 0 saturated heterocycles. The Balaban J connectivity index is 1.01. The minimum Gasteiger partial charge on any atom is -0.344 e. The topological polar surface area (TPSA) is 9.86 Å². The molecule has 0 bridgehead atoms.